The van der Waals surface area contributed by atoms with Crippen molar-refractivity contribution >= 4 is 17.5 Å². The number of benzene rings is 2. The van der Waals surface area contributed by atoms with Crippen LogP contribution in [0.1, 0.15) is 35.7 Å². The second-order valence-corrected chi connectivity index (χ2v) is 7.04. The number of rotatable bonds is 6. The number of carbonyl (C=O) groups is 2. The summed E-state index contributed by atoms with van der Waals surface area (Å²) in [4.78, 5) is 26.6. The Morgan fingerprint density at radius 1 is 1.21 bits per heavy atom. The van der Waals surface area contributed by atoms with Gasteiger partial charge in [-0.25, -0.2) is 4.39 Å². The van der Waals surface area contributed by atoms with E-state index in [1.54, 1.807) is 41.3 Å². The molecule has 1 atom stereocenters. The van der Waals surface area contributed by atoms with E-state index in [2.05, 4.69) is 5.32 Å². The third-order valence-corrected chi connectivity index (χ3v) is 4.70. The highest BCUT2D eigenvalue weighted by Gasteiger charge is 2.22. The number of morpholine rings is 1. The third kappa shape index (κ3) is 5.63. The smallest absolute Gasteiger partial charge is 0.254 e. The van der Waals surface area contributed by atoms with Crippen LogP contribution in [0.4, 0.5) is 10.1 Å². The molecular formula is C22H25FN2O3. The van der Waals surface area contributed by atoms with E-state index < -0.39 is 0 Å². The van der Waals surface area contributed by atoms with Gasteiger partial charge in [0, 0.05) is 30.8 Å². The van der Waals surface area contributed by atoms with Crippen LogP contribution in [-0.4, -0.2) is 42.5 Å². The molecule has 28 heavy (non-hydrogen) atoms. The molecule has 148 valence electrons. The largest absolute Gasteiger partial charge is 0.375 e. The summed E-state index contributed by atoms with van der Waals surface area (Å²) in [5.41, 5.74) is 2.17. The number of halogens is 1. The van der Waals surface area contributed by atoms with E-state index >= 15 is 0 Å². The van der Waals surface area contributed by atoms with Crippen LogP contribution < -0.4 is 5.32 Å². The van der Waals surface area contributed by atoms with Crippen molar-refractivity contribution in [2.45, 2.75) is 32.3 Å². The molecule has 3 rings (SSSR count). The molecule has 0 saturated carbocycles. The van der Waals surface area contributed by atoms with Gasteiger partial charge in [-0.1, -0.05) is 18.2 Å². The molecule has 1 aliphatic rings. The fourth-order valence-electron chi connectivity index (χ4n) is 3.24. The Hall–Kier alpha value is -2.73. The van der Waals surface area contributed by atoms with Crippen molar-refractivity contribution in [2.75, 3.05) is 25.0 Å². The van der Waals surface area contributed by atoms with Crippen LogP contribution in [0.15, 0.2) is 48.5 Å². The summed E-state index contributed by atoms with van der Waals surface area (Å²) in [6.07, 6.45) is 1.77. The zero-order valence-corrected chi connectivity index (χ0v) is 16.0. The molecule has 5 nitrogen and oxygen atoms in total. The first-order valence-corrected chi connectivity index (χ1v) is 9.56. The van der Waals surface area contributed by atoms with Gasteiger partial charge in [0.2, 0.25) is 5.91 Å². The third-order valence-electron chi connectivity index (χ3n) is 4.70. The number of ether oxygens (including phenoxy) is 1. The Morgan fingerprint density at radius 2 is 2.00 bits per heavy atom. The van der Waals surface area contributed by atoms with Gasteiger partial charge >= 0.3 is 0 Å². The Labute approximate surface area is 164 Å². The highest BCUT2D eigenvalue weighted by atomic mass is 19.1. The molecule has 1 heterocycles. The lowest BCUT2D eigenvalue weighted by Crippen LogP contribution is -2.44. The van der Waals surface area contributed by atoms with Crippen molar-refractivity contribution in [3.8, 4) is 0 Å². The Bertz CT molecular complexity index is 823. The highest BCUT2D eigenvalue weighted by molar-refractivity contribution is 5.97. The molecule has 1 unspecified atom stereocenters. The number of hydrogen-bond donors (Lipinski definition) is 1. The average molecular weight is 384 g/mol. The summed E-state index contributed by atoms with van der Waals surface area (Å²) >= 11 is 0. The summed E-state index contributed by atoms with van der Waals surface area (Å²) in [5, 5.41) is 2.85. The van der Waals surface area contributed by atoms with Crippen molar-refractivity contribution < 1.29 is 18.7 Å². The minimum absolute atomic E-state index is 0.0293. The second kappa shape index (κ2) is 9.46. The van der Waals surface area contributed by atoms with Gasteiger partial charge in [0.05, 0.1) is 12.7 Å². The first-order valence-electron chi connectivity index (χ1n) is 9.56. The van der Waals surface area contributed by atoms with Crippen LogP contribution in [0.2, 0.25) is 0 Å². The summed E-state index contributed by atoms with van der Waals surface area (Å²) in [5.74, 6) is -0.420. The molecule has 0 aromatic heterocycles. The van der Waals surface area contributed by atoms with Gasteiger partial charge < -0.3 is 15.0 Å². The maximum absolute atomic E-state index is 12.9. The summed E-state index contributed by atoms with van der Waals surface area (Å²) < 4.78 is 18.4. The van der Waals surface area contributed by atoms with Gasteiger partial charge in [-0.3, -0.25) is 9.59 Å². The zero-order valence-electron chi connectivity index (χ0n) is 16.0. The first-order chi connectivity index (χ1) is 13.5. The average Bonchev–Trinajstić information content (AvgIpc) is 2.69. The number of nitrogens with zero attached hydrogens (tertiary/aromatic N) is 1. The Morgan fingerprint density at radius 3 is 2.75 bits per heavy atom. The first kappa shape index (κ1) is 20.0. The van der Waals surface area contributed by atoms with E-state index in [1.807, 2.05) is 6.92 Å². The maximum atomic E-state index is 12.9. The minimum Gasteiger partial charge on any atom is -0.375 e. The lowest BCUT2D eigenvalue weighted by Gasteiger charge is -2.31. The second-order valence-electron chi connectivity index (χ2n) is 7.04. The SMILES string of the molecule is CC1CN(C(=O)c2cccc(NC(=O)CCCc3ccc(F)cc3)c2)CCO1. The highest BCUT2D eigenvalue weighted by Crippen LogP contribution is 2.16. The molecular weight excluding hydrogens is 359 g/mol. The van der Waals surface area contributed by atoms with E-state index in [0.717, 1.165) is 5.56 Å². The fourth-order valence-corrected chi connectivity index (χ4v) is 3.24. The number of nitrogens with one attached hydrogen (secondary N) is 1. The van der Waals surface area contributed by atoms with Gasteiger partial charge in [-0.05, 0) is 55.7 Å². The zero-order chi connectivity index (χ0) is 19.9. The van der Waals surface area contributed by atoms with Crippen LogP contribution >= 0.6 is 0 Å². The minimum atomic E-state index is -0.262. The Balaban J connectivity index is 1.51. The molecule has 1 saturated heterocycles. The number of amides is 2. The van der Waals surface area contributed by atoms with Crippen LogP contribution in [0.25, 0.3) is 0 Å². The topological polar surface area (TPSA) is 58.6 Å². The quantitative estimate of drug-likeness (QED) is 0.827. The molecule has 1 aliphatic heterocycles. The number of anilines is 1. The fraction of sp³-hybridized carbons (Fsp3) is 0.364. The van der Waals surface area contributed by atoms with E-state index in [4.69, 9.17) is 4.74 Å². The van der Waals surface area contributed by atoms with Crippen molar-refractivity contribution in [3.05, 3.63) is 65.5 Å². The molecule has 0 spiro atoms. The number of hydrogen-bond acceptors (Lipinski definition) is 3. The van der Waals surface area contributed by atoms with Gasteiger partial charge in [0.15, 0.2) is 0 Å². The molecule has 2 amide bonds. The molecule has 1 N–H and O–H groups in total. The monoisotopic (exact) mass is 384 g/mol. The summed E-state index contributed by atoms with van der Waals surface area (Å²) in [6, 6.07) is 13.3. The van der Waals surface area contributed by atoms with E-state index in [9.17, 15) is 14.0 Å². The van der Waals surface area contributed by atoms with Crippen molar-refractivity contribution in [1.82, 2.24) is 4.90 Å². The molecule has 0 aliphatic carbocycles. The van der Waals surface area contributed by atoms with E-state index in [1.165, 1.54) is 12.1 Å². The number of aryl methyl sites for hydroxylation is 1. The van der Waals surface area contributed by atoms with Gasteiger partial charge in [0.1, 0.15) is 5.82 Å². The van der Waals surface area contributed by atoms with Crippen LogP contribution in [0, 0.1) is 5.82 Å². The van der Waals surface area contributed by atoms with Crippen LogP contribution in [-0.2, 0) is 16.0 Å². The standard InChI is InChI=1S/C22H25FN2O3/c1-16-15-25(12-13-28-16)22(27)18-5-3-6-20(14-18)24-21(26)7-2-4-17-8-10-19(23)11-9-17/h3,5-6,8-11,14,16H,2,4,7,12-13,15H2,1H3,(H,24,26). The lowest BCUT2D eigenvalue weighted by atomic mass is 10.1. The predicted molar refractivity (Wildman–Crippen MR) is 106 cm³/mol. The van der Waals surface area contributed by atoms with Gasteiger partial charge in [-0.2, -0.15) is 0 Å². The van der Waals surface area contributed by atoms with Crippen LogP contribution in [0.5, 0.6) is 0 Å². The van der Waals surface area contributed by atoms with Crippen LogP contribution in [0.3, 0.4) is 0 Å². The molecule has 2 aromatic carbocycles. The molecule has 6 heteroatoms. The normalized spacial score (nSPS) is 16.6. The van der Waals surface area contributed by atoms with Gasteiger partial charge in [-0.15, -0.1) is 0 Å². The summed E-state index contributed by atoms with van der Waals surface area (Å²) in [6.45, 7) is 3.63. The van der Waals surface area contributed by atoms with Gasteiger partial charge in [0.25, 0.3) is 5.91 Å². The predicted octanol–water partition coefficient (Wildman–Crippen LogP) is 3.65. The molecule has 0 bridgehead atoms. The molecule has 2 aromatic rings. The van der Waals surface area contributed by atoms with E-state index in [-0.39, 0.29) is 23.7 Å². The Kier molecular flexibility index (Phi) is 6.76. The number of carbonyl (C=O) groups excluding carboxylic acids is 2. The van der Waals surface area contributed by atoms with E-state index in [0.29, 0.717) is 50.2 Å². The summed E-state index contributed by atoms with van der Waals surface area (Å²) in [7, 11) is 0. The molecule has 1 fully saturated rings. The lowest BCUT2D eigenvalue weighted by molar-refractivity contribution is -0.116. The van der Waals surface area contributed by atoms with Crippen molar-refractivity contribution in [2.24, 2.45) is 0 Å². The van der Waals surface area contributed by atoms with Crippen molar-refractivity contribution in [1.29, 1.82) is 0 Å². The van der Waals surface area contributed by atoms with Crippen molar-refractivity contribution in [3.63, 3.8) is 0 Å². The molecule has 0 radical (unpaired) electrons. The maximum Gasteiger partial charge on any atom is 0.254 e.